The summed E-state index contributed by atoms with van der Waals surface area (Å²) in [6, 6.07) is 0. The summed E-state index contributed by atoms with van der Waals surface area (Å²) in [6.07, 6.45) is -3.09. The zero-order valence-electron chi connectivity index (χ0n) is 6.99. The number of pyridine rings is 1. The second kappa shape index (κ2) is 4.03. The highest BCUT2D eigenvalue weighted by Gasteiger charge is 2.29. The van der Waals surface area contributed by atoms with Gasteiger partial charge in [-0.2, -0.15) is 0 Å². The van der Waals surface area contributed by atoms with Crippen molar-refractivity contribution < 1.29 is 22.9 Å². The second-order valence-electron chi connectivity index (χ2n) is 2.43. The number of nitro groups is 1. The van der Waals surface area contributed by atoms with Crippen molar-refractivity contribution in [2.24, 2.45) is 0 Å². The molecule has 0 amide bonds. The standard InChI is InChI=1S/C7H3F3N2O3/c8-4-1-11-5(7(9)10)6(12(14)15)3(4)2-13/h1-2,7H. The van der Waals surface area contributed by atoms with Crippen LogP contribution in [0.25, 0.3) is 0 Å². The molecule has 0 N–H and O–H groups in total. The van der Waals surface area contributed by atoms with Crippen LogP contribution < -0.4 is 0 Å². The highest BCUT2D eigenvalue weighted by Crippen LogP contribution is 2.30. The molecule has 1 aromatic rings. The molecule has 0 aromatic carbocycles. The molecule has 0 unspecified atom stereocenters. The maximum absolute atomic E-state index is 12.8. The van der Waals surface area contributed by atoms with Gasteiger partial charge in [0.15, 0.2) is 17.8 Å². The first-order chi connectivity index (χ1) is 6.99. The van der Waals surface area contributed by atoms with Crippen LogP contribution in [0.2, 0.25) is 0 Å². The number of nitrogens with zero attached hydrogens (tertiary/aromatic N) is 2. The molecule has 1 rings (SSSR count). The summed E-state index contributed by atoms with van der Waals surface area (Å²) in [7, 11) is 0. The van der Waals surface area contributed by atoms with E-state index in [1.807, 2.05) is 0 Å². The topological polar surface area (TPSA) is 73.1 Å². The van der Waals surface area contributed by atoms with E-state index in [2.05, 4.69) is 4.98 Å². The first-order valence-electron chi connectivity index (χ1n) is 3.55. The SMILES string of the molecule is O=Cc1c(F)cnc(C(F)F)c1[N+](=O)[O-]. The van der Waals surface area contributed by atoms with Gasteiger partial charge in [0, 0.05) is 0 Å². The molecule has 5 nitrogen and oxygen atoms in total. The Kier molecular flexibility index (Phi) is 2.98. The third-order valence-electron chi connectivity index (χ3n) is 1.58. The van der Waals surface area contributed by atoms with Crippen molar-refractivity contribution >= 4 is 12.0 Å². The van der Waals surface area contributed by atoms with E-state index >= 15 is 0 Å². The van der Waals surface area contributed by atoms with Gasteiger partial charge in [-0.3, -0.25) is 14.9 Å². The minimum atomic E-state index is -3.25. The molecule has 1 heterocycles. The van der Waals surface area contributed by atoms with Crippen LogP contribution in [0.15, 0.2) is 6.20 Å². The van der Waals surface area contributed by atoms with Crippen molar-refractivity contribution in [1.82, 2.24) is 4.98 Å². The van der Waals surface area contributed by atoms with Crippen LogP contribution in [0, 0.1) is 15.9 Å². The van der Waals surface area contributed by atoms with Crippen LogP contribution in [0.4, 0.5) is 18.9 Å². The lowest BCUT2D eigenvalue weighted by Gasteiger charge is -2.02. The van der Waals surface area contributed by atoms with E-state index in [0.29, 0.717) is 6.20 Å². The number of carbonyl (C=O) groups excluding carboxylic acids is 1. The number of alkyl halides is 2. The van der Waals surface area contributed by atoms with Crippen LogP contribution in [0.1, 0.15) is 22.5 Å². The fourth-order valence-electron chi connectivity index (χ4n) is 0.972. The molecule has 0 aliphatic rings. The largest absolute Gasteiger partial charge is 0.310 e. The van der Waals surface area contributed by atoms with E-state index in [1.54, 1.807) is 0 Å². The minimum Gasteiger partial charge on any atom is -0.297 e. The highest BCUT2D eigenvalue weighted by atomic mass is 19.3. The number of halogens is 3. The molecule has 0 aliphatic heterocycles. The van der Waals surface area contributed by atoms with Crippen molar-refractivity contribution in [2.75, 3.05) is 0 Å². The van der Waals surface area contributed by atoms with E-state index in [1.165, 1.54) is 0 Å². The lowest BCUT2D eigenvalue weighted by molar-refractivity contribution is -0.387. The average Bonchev–Trinajstić information content (AvgIpc) is 2.16. The number of hydrogen-bond donors (Lipinski definition) is 0. The monoisotopic (exact) mass is 220 g/mol. The van der Waals surface area contributed by atoms with Crippen molar-refractivity contribution in [1.29, 1.82) is 0 Å². The van der Waals surface area contributed by atoms with Crippen molar-refractivity contribution in [3.8, 4) is 0 Å². The first kappa shape index (κ1) is 11.1. The molecule has 0 spiro atoms. The Morgan fingerprint density at radius 1 is 1.53 bits per heavy atom. The molecule has 0 fully saturated rings. The molecule has 0 radical (unpaired) electrons. The van der Waals surface area contributed by atoms with Gasteiger partial charge in [-0.25, -0.2) is 18.2 Å². The van der Waals surface area contributed by atoms with E-state index in [4.69, 9.17) is 0 Å². The van der Waals surface area contributed by atoms with E-state index in [0.717, 1.165) is 0 Å². The Bertz CT molecular complexity index is 422. The van der Waals surface area contributed by atoms with Crippen LogP contribution in [0.3, 0.4) is 0 Å². The average molecular weight is 220 g/mol. The molecular weight excluding hydrogens is 217 g/mol. The molecule has 80 valence electrons. The number of hydrogen-bond acceptors (Lipinski definition) is 4. The number of rotatable bonds is 3. The molecule has 15 heavy (non-hydrogen) atoms. The summed E-state index contributed by atoms with van der Waals surface area (Å²) < 4.78 is 37.3. The number of aromatic nitrogens is 1. The van der Waals surface area contributed by atoms with E-state index in [9.17, 15) is 28.1 Å². The fourth-order valence-corrected chi connectivity index (χ4v) is 0.972. The molecular formula is C7H3F3N2O3. The summed E-state index contributed by atoms with van der Waals surface area (Å²) >= 11 is 0. The first-order valence-corrected chi connectivity index (χ1v) is 3.55. The molecule has 0 bridgehead atoms. The molecule has 0 atom stereocenters. The molecule has 8 heteroatoms. The Labute approximate surface area is 80.7 Å². The van der Waals surface area contributed by atoms with Gasteiger partial charge >= 0.3 is 5.69 Å². The lowest BCUT2D eigenvalue weighted by atomic mass is 10.2. The van der Waals surface area contributed by atoms with Crippen LogP contribution in [0.5, 0.6) is 0 Å². The lowest BCUT2D eigenvalue weighted by Crippen LogP contribution is -2.05. The maximum atomic E-state index is 12.8. The molecule has 0 saturated heterocycles. The zero-order chi connectivity index (χ0) is 11.6. The predicted molar refractivity (Wildman–Crippen MR) is 41.2 cm³/mol. The summed E-state index contributed by atoms with van der Waals surface area (Å²) in [6.45, 7) is 0. The van der Waals surface area contributed by atoms with Gasteiger partial charge in [0.1, 0.15) is 5.56 Å². The molecule has 0 saturated carbocycles. The normalized spacial score (nSPS) is 10.4. The molecule has 0 aliphatic carbocycles. The van der Waals surface area contributed by atoms with Gasteiger partial charge in [0.05, 0.1) is 11.1 Å². The van der Waals surface area contributed by atoms with Crippen molar-refractivity contribution in [3.63, 3.8) is 0 Å². The quantitative estimate of drug-likeness (QED) is 0.442. The molecule has 1 aromatic heterocycles. The van der Waals surface area contributed by atoms with Crippen molar-refractivity contribution in [3.05, 3.63) is 33.4 Å². The van der Waals surface area contributed by atoms with Crippen LogP contribution in [-0.4, -0.2) is 16.2 Å². The third-order valence-corrected chi connectivity index (χ3v) is 1.58. The summed E-state index contributed by atoms with van der Waals surface area (Å²) in [4.78, 5) is 22.3. The van der Waals surface area contributed by atoms with Crippen LogP contribution in [-0.2, 0) is 0 Å². The van der Waals surface area contributed by atoms with Gasteiger partial charge in [-0.15, -0.1) is 0 Å². The highest BCUT2D eigenvalue weighted by molar-refractivity contribution is 5.82. The minimum absolute atomic E-state index is 0.193. The number of aldehydes is 1. The van der Waals surface area contributed by atoms with Gasteiger partial charge in [-0.1, -0.05) is 0 Å². The fraction of sp³-hybridized carbons (Fsp3) is 0.143. The summed E-state index contributed by atoms with van der Waals surface area (Å²) in [5.74, 6) is -1.30. The van der Waals surface area contributed by atoms with Crippen LogP contribution >= 0.6 is 0 Å². The van der Waals surface area contributed by atoms with Gasteiger partial charge in [0.2, 0.25) is 0 Å². The Morgan fingerprint density at radius 2 is 2.13 bits per heavy atom. The van der Waals surface area contributed by atoms with Crippen molar-refractivity contribution in [2.45, 2.75) is 6.43 Å². The van der Waals surface area contributed by atoms with Gasteiger partial charge in [0.25, 0.3) is 6.43 Å². The van der Waals surface area contributed by atoms with E-state index < -0.39 is 34.1 Å². The van der Waals surface area contributed by atoms with E-state index in [-0.39, 0.29) is 6.29 Å². The smallest absolute Gasteiger partial charge is 0.297 e. The maximum Gasteiger partial charge on any atom is 0.310 e. The zero-order valence-corrected chi connectivity index (χ0v) is 6.99. The Morgan fingerprint density at radius 3 is 2.53 bits per heavy atom. The van der Waals surface area contributed by atoms with Gasteiger partial charge < -0.3 is 0 Å². The summed E-state index contributed by atoms with van der Waals surface area (Å²) in [5, 5.41) is 10.4. The number of carbonyl (C=O) groups is 1. The Balaban J connectivity index is 3.56. The predicted octanol–water partition coefficient (Wildman–Crippen LogP) is 1.88. The third kappa shape index (κ3) is 1.92. The summed E-state index contributed by atoms with van der Waals surface area (Å²) in [5.41, 5.74) is -3.53. The second-order valence-corrected chi connectivity index (χ2v) is 2.43. The Hall–Kier alpha value is -1.99. The van der Waals surface area contributed by atoms with Gasteiger partial charge in [-0.05, 0) is 0 Å².